The highest BCUT2D eigenvalue weighted by Crippen LogP contribution is 2.51. The SMILES string of the molecule is CN(CCC(=O)O)C(=O)NCC1(c2cc(C(F)(F)F)ccc2Cl)CC1. The number of carbonyl (C=O) groups excluding carboxylic acids is 1. The number of carboxylic acids is 1. The number of aliphatic carboxylic acids is 1. The fourth-order valence-corrected chi connectivity index (χ4v) is 2.86. The number of carbonyl (C=O) groups is 2. The van der Waals surface area contributed by atoms with Crippen LogP contribution in [0.1, 0.15) is 30.4 Å². The van der Waals surface area contributed by atoms with Gasteiger partial charge in [-0.15, -0.1) is 0 Å². The third-order valence-electron chi connectivity index (χ3n) is 4.30. The summed E-state index contributed by atoms with van der Waals surface area (Å²) in [7, 11) is 1.45. The first-order chi connectivity index (χ1) is 11.5. The van der Waals surface area contributed by atoms with Crippen molar-refractivity contribution in [1.29, 1.82) is 0 Å². The van der Waals surface area contributed by atoms with Crippen LogP contribution in [0.4, 0.5) is 18.0 Å². The number of hydrogen-bond donors (Lipinski definition) is 2. The topological polar surface area (TPSA) is 69.6 Å². The van der Waals surface area contributed by atoms with Crippen molar-refractivity contribution >= 4 is 23.6 Å². The summed E-state index contributed by atoms with van der Waals surface area (Å²) in [5, 5.41) is 11.5. The molecule has 0 saturated heterocycles. The van der Waals surface area contributed by atoms with Crippen molar-refractivity contribution in [3.63, 3.8) is 0 Å². The Morgan fingerprint density at radius 2 is 2.00 bits per heavy atom. The average Bonchev–Trinajstić information content (AvgIpc) is 3.30. The normalized spacial score (nSPS) is 15.6. The van der Waals surface area contributed by atoms with E-state index >= 15 is 0 Å². The molecule has 0 radical (unpaired) electrons. The molecular weight excluding hydrogens is 361 g/mol. The Morgan fingerprint density at radius 3 is 2.52 bits per heavy atom. The molecule has 0 aromatic heterocycles. The summed E-state index contributed by atoms with van der Waals surface area (Å²) >= 11 is 6.08. The van der Waals surface area contributed by atoms with Gasteiger partial charge in [-0.3, -0.25) is 4.79 Å². The van der Waals surface area contributed by atoms with E-state index in [1.165, 1.54) is 18.0 Å². The van der Waals surface area contributed by atoms with Gasteiger partial charge in [-0.1, -0.05) is 11.6 Å². The Balaban J connectivity index is 2.05. The second kappa shape index (κ2) is 7.11. The largest absolute Gasteiger partial charge is 0.481 e. The number of amides is 2. The predicted octanol–water partition coefficient (Wildman–Crippen LogP) is 3.51. The summed E-state index contributed by atoms with van der Waals surface area (Å²) in [5.41, 5.74) is -1.01. The minimum absolute atomic E-state index is 0.0402. The van der Waals surface area contributed by atoms with Crippen LogP contribution in [0.3, 0.4) is 0 Å². The van der Waals surface area contributed by atoms with E-state index in [-0.39, 0.29) is 24.5 Å². The quantitative estimate of drug-likeness (QED) is 0.796. The average molecular weight is 379 g/mol. The maximum Gasteiger partial charge on any atom is 0.416 e. The molecule has 5 nitrogen and oxygen atoms in total. The Bertz CT molecular complexity index is 675. The summed E-state index contributed by atoms with van der Waals surface area (Å²) in [5.74, 6) is -1.02. The van der Waals surface area contributed by atoms with E-state index < -0.39 is 29.2 Å². The van der Waals surface area contributed by atoms with Gasteiger partial charge in [0, 0.05) is 30.6 Å². The minimum atomic E-state index is -4.46. The molecule has 1 aliphatic rings. The van der Waals surface area contributed by atoms with E-state index in [1.807, 2.05) is 0 Å². The summed E-state index contributed by atoms with van der Waals surface area (Å²) in [6.45, 7) is 0.183. The zero-order chi connectivity index (χ0) is 18.8. The van der Waals surface area contributed by atoms with Crippen LogP contribution in [0.25, 0.3) is 0 Å². The van der Waals surface area contributed by atoms with Crippen LogP contribution in [-0.4, -0.2) is 42.1 Å². The number of carboxylic acid groups (broad SMARTS) is 1. The fourth-order valence-electron chi connectivity index (χ4n) is 2.54. The first kappa shape index (κ1) is 19.4. The van der Waals surface area contributed by atoms with Crippen molar-refractivity contribution in [2.24, 2.45) is 0 Å². The first-order valence-corrected chi connectivity index (χ1v) is 8.01. The van der Waals surface area contributed by atoms with Gasteiger partial charge in [0.1, 0.15) is 0 Å². The highest BCUT2D eigenvalue weighted by atomic mass is 35.5. The Kier molecular flexibility index (Phi) is 5.51. The molecule has 9 heteroatoms. The van der Waals surface area contributed by atoms with E-state index in [0.29, 0.717) is 18.4 Å². The molecule has 2 rings (SSSR count). The number of hydrogen-bond acceptors (Lipinski definition) is 2. The van der Waals surface area contributed by atoms with E-state index in [1.54, 1.807) is 0 Å². The van der Waals surface area contributed by atoms with Crippen LogP contribution < -0.4 is 5.32 Å². The van der Waals surface area contributed by atoms with Crippen molar-refractivity contribution in [2.45, 2.75) is 30.9 Å². The molecule has 0 aliphatic heterocycles. The monoisotopic (exact) mass is 378 g/mol. The maximum absolute atomic E-state index is 12.9. The Hall–Kier alpha value is -1.96. The van der Waals surface area contributed by atoms with Crippen LogP contribution in [0, 0.1) is 0 Å². The van der Waals surface area contributed by atoms with Gasteiger partial charge in [-0.25, -0.2) is 4.79 Å². The van der Waals surface area contributed by atoms with Crippen LogP contribution in [0.2, 0.25) is 5.02 Å². The maximum atomic E-state index is 12.9. The van der Waals surface area contributed by atoms with Crippen LogP contribution in [0.5, 0.6) is 0 Å². The Labute approximate surface area is 147 Å². The van der Waals surface area contributed by atoms with Crippen molar-refractivity contribution in [2.75, 3.05) is 20.1 Å². The molecule has 0 spiro atoms. The van der Waals surface area contributed by atoms with Gasteiger partial charge in [0.05, 0.1) is 12.0 Å². The summed E-state index contributed by atoms with van der Waals surface area (Å²) in [6, 6.07) is 2.71. The van der Waals surface area contributed by atoms with Gasteiger partial charge in [0.15, 0.2) is 0 Å². The number of rotatable bonds is 6. The first-order valence-electron chi connectivity index (χ1n) is 7.63. The van der Waals surface area contributed by atoms with Gasteiger partial charge in [0.25, 0.3) is 0 Å². The van der Waals surface area contributed by atoms with Gasteiger partial charge in [0.2, 0.25) is 0 Å². The van der Waals surface area contributed by atoms with Gasteiger partial charge in [-0.2, -0.15) is 13.2 Å². The van der Waals surface area contributed by atoms with E-state index in [0.717, 1.165) is 12.1 Å². The number of halogens is 4. The molecule has 2 N–H and O–H groups in total. The predicted molar refractivity (Wildman–Crippen MR) is 85.6 cm³/mol. The molecule has 0 bridgehead atoms. The molecule has 1 fully saturated rings. The van der Waals surface area contributed by atoms with E-state index in [4.69, 9.17) is 16.7 Å². The minimum Gasteiger partial charge on any atom is -0.481 e. The molecule has 0 unspecified atom stereocenters. The van der Waals surface area contributed by atoms with Gasteiger partial charge >= 0.3 is 18.2 Å². The molecule has 1 aromatic carbocycles. The lowest BCUT2D eigenvalue weighted by Crippen LogP contribution is -2.41. The molecule has 1 aliphatic carbocycles. The fraction of sp³-hybridized carbons (Fsp3) is 0.500. The van der Waals surface area contributed by atoms with Crippen molar-refractivity contribution in [3.05, 3.63) is 34.3 Å². The number of benzene rings is 1. The molecule has 138 valence electrons. The smallest absolute Gasteiger partial charge is 0.416 e. The zero-order valence-electron chi connectivity index (χ0n) is 13.5. The Morgan fingerprint density at radius 1 is 1.36 bits per heavy atom. The van der Waals surface area contributed by atoms with E-state index in [2.05, 4.69) is 5.32 Å². The van der Waals surface area contributed by atoms with Crippen LogP contribution in [-0.2, 0) is 16.4 Å². The lowest BCUT2D eigenvalue weighted by molar-refractivity contribution is -0.138. The third-order valence-corrected chi connectivity index (χ3v) is 4.63. The summed E-state index contributed by atoms with van der Waals surface area (Å²) in [4.78, 5) is 23.7. The molecule has 0 heterocycles. The number of alkyl halides is 3. The van der Waals surface area contributed by atoms with Crippen LogP contribution >= 0.6 is 11.6 Å². The lowest BCUT2D eigenvalue weighted by atomic mass is 9.94. The third kappa shape index (κ3) is 4.78. The van der Waals surface area contributed by atoms with Crippen LogP contribution in [0.15, 0.2) is 18.2 Å². The van der Waals surface area contributed by atoms with Crippen molar-refractivity contribution < 1.29 is 27.9 Å². The zero-order valence-corrected chi connectivity index (χ0v) is 14.2. The van der Waals surface area contributed by atoms with Crippen molar-refractivity contribution in [3.8, 4) is 0 Å². The highest BCUT2D eigenvalue weighted by molar-refractivity contribution is 6.31. The highest BCUT2D eigenvalue weighted by Gasteiger charge is 2.47. The number of nitrogens with zero attached hydrogens (tertiary/aromatic N) is 1. The summed E-state index contributed by atoms with van der Waals surface area (Å²) < 4.78 is 38.7. The molecular formula is C16H18ClF3N2O3. The standard InChI is InChI=1S/C16H18ClF3N2O3/c1-22(7-4-13(23)24)14(25)21-9-15(5-6-15)11-8-10(16(18,19)20)2-3-12(11)17/h2-3,8H,4-7,9H2,1H3,(H,21,25)(H,23,24). The van der Waals surface area contributed by atoms with Gasteiger partial charge in [-0.05, 0) is 36.6 Å². The number of nitrogens with one attached hydrogen (secondary N) is 1. The lowest BCUT2D eigenvalue weighted by Gasteiger charge is -2.22. The van der Waals surface area contributed by atoms with E-state index in [9.17, 15) is 22.8 Å². The second-order valence-electron chi connectivity index (χ2n) is 6.20. The second-order valence-corrected chi connectivity index (χ2v) is 6.60. The molecule has 25 heavy (non-hydrogen) atoms. The summed E-state index contributed by atoms with van der Waals surface area (Å²) in [6.07, 6.45) is -3.41. The molecule has 0 atom stereocenters. The molecule has 2 amide bonds. The molecule has 1 saturated carbocycles. The number of urea groups is 1. The molecule has 1 aromatic rings. The van der Waals surface area contributed by atoms with Crippen molar-refractivity contribution in [1.82, 2.24) is 10.2 Å². The van der Waals surface area contributed by atoms with Gasteiger partial charge < -0.3 is 15.3 Å².